The summed E-state index contributed by atoms with van der Waals surface area (Å²) in [6.45, 7) is 1.51. The Morgan fingerprint density at radius 2 is 2.00 bits per heavy atom. The summed E-state index contributed by atoms with van der Waals surface area (Å²) in [5, 5.41) is 0. The lowest BCUT2D eigenvalue weighted by Gasteiger charge is -2.32. The molecule has 0 aliphatic carbocycles. The molecule has 0 radical (unpaired) electrons. The molecule has 0 saturated carbocycles. The minimum atomic E-state index is 0.127. The van der Waals surface area contributed by atoms with Gasteiger partial charge in [-0.1, -0.05) is 18.2 Å². The summed E-state index contributed by atoms with van der Waals surface area (Å²) >= 11 is 1.73. The highest BCUT2D eigenvalue weighted by molar-refractivity contribution is 7.99. The number of carbonyl (C=O) groups excluding carboxylic acids is 1. The van der Waals surface area contributed by atoms with E-state index in [1.807, 2.05) is 23.1 Å². The van der Waals surface area contributed by atoms with E-state index in [2.05, 4.69) is 22.1 Å². The second-order valence-electron chi connectivity index (χ2n) is 5.66. The molecule has 24 heavy (non-hydrogen) atoms. The summed E-state index contributed by atoms with van der Waals surface area (Å²) < 4.78 is 5.83. The highest BCUT2D eigenvalue weighted by Gasteiger charge is 2.23. The van der Waals surface area contributed by atoms with Gasteiger partial charge in [-0.25, -0.2) is 9.97 Å². The summed E-state index contributed by atoms with van der Waals surface area (Å²) in [5.41, 5.74) is 0. The van der Waals surface area contributed by atoms with Crippen LogP contribution in [-0.2, 0) is 4.79 Å². The van der Waals surface area contributed by atoms with E-state index in [0.717, 1.165) is 31.7 Å². The largest absolute Gasteiger partial charge is 0.474 e. The van der Waals surface area contributed by atoms with Crippen LogP contribution in [0.15, 0.2) is 53.8 Å². The zero-order valence-corrected chi connectivity index (χ0v) is 14.3. The van der Waals surface area contributed by atoms with Gasteiger partial charge in [-0.2, -0.15) is 0 Å². The van der Waals surface area contributed by atoms with Gasteiger partial charge in [-0.05, 0) is 12.1 Å². The number of aromatic nitrogens is 2. The zero-order chi connectivity index (χ0) is 16.6. The number of carbonyl (C=O) groups is 1. The number of thioether (sulfide) groups is 1. The van der Waals surface area contributed by atoms with Gasteiger partial charge in [-0.15, -0.1) is 11.8 Å². The Morgan fingerprint density at radius 1 is 1.21 bits per heavy atom. The number of benzene rings is 1. The Bertz CT molecular complexity index is 631. The van der Waals surface area contributed by atoms with Crippen LogP contribution in [-0.4, -0.2) is 45.7 Å². The first kappa shape index (κ1) is 16.8. The Kier molecular flexibility index (Phi) is 6.07. The molecule has 0 bridgehead atoms. The van der Waals surface area contributed by atoms with Gasteiger partial charge in [0.05, 0.1) is 0 Å². The molecule has 0 spiro atoms. The molecule has 2 aromatic rings. The van der Waals surface area contributed by atoms with E-state index >= 15 is 0 Å². The number of nitrogens with zero attached hydrogens (tertiary/aromatic N) is 3. The second-order valence-corrected chi connectivity index (χ2v) is 6.83. The lowest BCUT2D eigenvalue weighted by molar-refractivity contribution is -0.132. The number of hydrogen-bond donors (Lipinski definition) is 0. The molecule has 6 heteroatoms. The molecule has 2 heterocycles. The molecule has 1 aliphatic heterocycles. The minimum Gasteiger partial charge on any atom is -0.474 e. The normalized spacial score (nSPS) is 15.2. The summed E-state index contributed by atoms with van der Waals surface area (Å²) in [7, 11) is 0. The maximum absolute atomic E-state index is 12.3. The first-order chi connectivity index (χ1) is 11.8. The van der Waals surface area contributed by atoms with Gasteiger partial charge in [0.15, 0.2) is 0 Å². The third-order valence-corrected chi connectivity index (χ3v) is 4.98. The first-order valence-corrected chi connectivity index (χ1v) is 9.18. The van der Waals surface area contributed by atoms with Crippen LogP contribution in [0.3, 0.4) is 0 Å². The van der Waals surface area contributed by atoms with Crippen molar-refractivity contribution in [3.05, 3.63) is 48.9 Å². The number of hydrogen-bond acceptors (Lipinski definition) is 5. The SMILES string of the molecule is O=C(CCSc1ccccc1)N1CCC(Oc2ccncn2)CC1. The monoisotopic (exact) mass is 343 g/mol. The van der Waals surface area contributed by atoms with Gasteiger partial charge in [0.2, 0.25) is 11.8 Å². The molecule has 0 unspecified atom stereocenters. The van der Waals surface area contributed by atoms with Crippen LogP contribution in [0, 0.1) is 0 Å². The molecule has 1 saturated heterocycles. The topological polar surface area (TPSA) is 55.3 Å². The van der Waals surface area contributed by atoms with Crippen LogP contribution in [0.5, 0.6) is 5.88 Å². The molecule has 1 amide bonds. The molecular formula is C18H21N3O2S. The van der Waals surface area contributed by atoms with Crippen molar-refractivity contribution in [3.63, 3.8) is 0 Å². The van der Waals surface area contributed by atoms with Crippen molar-refractivity contribution in [1.29, 1.82) is 0 Å². The van der Waals surface area contributed by atoms with E-state index in [0.29, 0.717) is 12.3 Å². The Labute approximate surface area is 146 Å². The van der Waals surface area contributed by atoms with Crippen molar-refractivity contribution >= 4 is 17.7 Å². The fourth-order valence-corrected chi connectivity index (χ4v) is 3.54. The first-order valence-electron chi connectivity index (χ1n) is 8.19. The minimum absolute atomic E-state index is 0.127. The average Bonchev–Trinajstić information content (AvgIpc) is 2.64. The number of amides is 1. The van der Waals surface area contributed by atoms with E-state index in [4.69, 9.17) is 4.74 Å². The highest BCUT2D eigenvalue weighted by atomic mass is 32.2. The lowest BCUT2D eigenvalue weighted by Crippen LogP contribution is -2.42. The van der Waals surface area contributed by atoms with Gasteiger partial charge >= 0.3 is 0 Å². The fraction of sp³-hybridized carbons (Fsp3) is 0.389. The van der Waals surface area contributed by atoms with Crippen molar-refractivity contribution in [1.82, 2.24) is 14.9 Å². The van der Waals surface area contributed by atoms with Gasteiger partial charge in [-0.3, -0.25) is 4.79 Å². The van der Waals surface area contributed by atoms with Crippen molar-refractivity contribution in [2.45, 2.75) is 30.3 Å². The maximum Gasteiger partial charge on any atom is 0.223 e. The predicted octanol–water partition coefficient (Wildman–Crippen LogP) is 3.03. The van der Waals surface area contributed by atoms with Crippen LogP contribution < -0.4 is 4.74 Å². The third kappa shape index (κ3) is 4.96. The maximum atomic E-state index is 12.3. The van der Waals surface area contributed by atoms with Gasteiger partial charge in [0.1, 0.15) is 12.4 Å². The van der Waals surface area contributed by atoms with Gasteiger partial charge in [0, 0.05) is 55.3 Å². The van der Waals surface area contributed by atoms with Crippen LogP contribution in [0.2, 0.25) is 0 Å². The molecule has 126 valence electrons. The third-order valence-electron chi connectivity index (χ3n) is 3.96. The van der Waals surface area contributed by atoms with Crippen molar-refractivity contribution in [2.75, 3.05) is 18.8 Å². The van der Waals surface area contributed by atoms with E-state index in [9.17, 15) is 4.79 Å². The predicted molar refractivity (Wildman–Crippen MR) is 94.0 cm³/mol. The van der Waals surface area contributed by atoms with Crippen molar-refractivity contribution in [3.8, 4) is 5.88 Å². The van der Waals surface area contributed by atoms with Crippen LogP contribution in [0.1, 0.15) is 19.3 Å². The standard InChI is InChI=1S/C18H21N3O2S/c22-18(9-13-24-16-4-2-1-3-5-16)21-11-7-15(8-12-21)23-17-6-10-19-14-20-17/h1-6,10,14-15H,7-9,11-13H2. The van der Waals surface area contributed by atoms with Crippen LogP contribution in [0.25, 0.3) is 0 Å². The van der Waals surface area contributed by atoms with Gasteiger partial charge < -0.3 is 9.64 Å². The molecule has 1 fully saturated rings. The van der Waals surface area contributed by atoms with E-state index in [1.54, 1.807) is 24.0 Å². The molecular weight excluding hydrogens is 322 g/mol. The smallest absolute Gasteiger partial charge is 0.223 e. The molecule has 1 aromatic heterocycles. The number of rotatable bonds is 6. The number of likely N-dealkylation sites (tertiary alicyclic amines) is 1. The molecule has 1 aromatic carbocycles. The molecule has 0 atom stereocenters. The zero-order valence-electron chi connectivity index (χ0n) is 13.5. The number of piperidine rings is 1. The van der Waals surface area contributed by atoms with Crippen LogP contribution >= 0.6 is 11.8 Å². The number of ether oxygens (including phenoxy) is 1. The summed E-state index contributed by atoms with van der Waals surface area (Å²) in [6, 6.07) is 12.0. The summed E-state index contributed by atoms with van der Waals surface area (Å²) in [5.74, 6) is 1.66. The quantitative estimate of drug-likeness (QED) is 0.755. The van der Waals surface area contributed by atoms with E-state index < -0.39 is 0 Å². The van der Waals surface area contributed by atoms with Crippen molar-refractivity contribution < 1.29 is 9.53 Å². The molecule has 0 N–H and O–H groups in total. The Hall–Kier alpha value is -2.08. The van der Waals surface area contributed by atoms with Crippen molar-refractivity contribution in [2.24, 2.45) is 0 Å². The van der Waals surface area contributed by atoms with E-state index in [1.165, 1.54) is 11.2 Å². The Morgan fingerprint density at radius 3 is 2.71 bits per heavy atom. The Balaban J connectivity index is 1.37. The lowest BCUT2D eigenvalue weighted by atomic mass is 10.1. The summed E-state index contributed by atoms with van der Waals surface area (Å²) in [4.78, 5) is 23.4. The van der Waals surface area contributed by atoms with Crippen LogP contribution in [0.4, 0.5) is 0 Å². The fourth-order valence-electron chi connectivity index (χ4n) is 2.67. The molecule has 1 aliphatic rings. The molecule has 5 nitrogen and oxygen atoms in total. The molecule has 3 rings (SSSR count). The summed E-state index contributed by atoms with van der Waals surface area (Å²) in [6.07, 6.45) is 5.56. The second kappa shape index (κ2) is 8.68. The van der Waals surface area contributed by atoms with E-state index in [-0.39, 0.29) is 12.0 Å². The highest BCUT2D eigenvalue weighted by Crippen LogP contribution is 2.20. The van der Waals surface area contributed by atoms with Gasteiger partial charge in [0.25, 0.3) is 0 Å². The average molecular weight is 343 g/mol.